The number of aliphatic hydroxyl groups excluding tert-OH is 1. The quantitative estimate of drug-likeness (QED) is 0.0360. The zero-order chi connectivity index (χ0) is 48.9. The molecule has 5 amide bonds. The molecule has 0 aliphatic carbocycles. The second-order valence-electron chi connectivity index (χ2n) is 17.7. The maximum absolute atomic E-state index is 13.6. The molecule has 0 aliphatic rings. The van der Waals surface area contributed by atoms with Gasteiger partial charge in [-0.3, -0.25) is 28.2 Å². The number of aliphatic carboxylic acids is 1. The number of primary amides is 1. The van der Waals surface area contributed by atoms with Gasteiger partial charge < -0.3 is 47.3 Å². The summed E-state index contributed by atoms with van der Waals surface area (Å²) >= 11 is 0. The van der Waals surface area contributed by atoms with E-state index in [-0.39, 0.29) is 49.8 Å². The molecule has 0 saturated heterocycles. The Hall–Kier alpha value is -5.00. The molecule has 0 radical (unpaired) electrons. The van der Waals surface area contributed by atoms with Gasteiger partial charge in [-0.05, 0) is 62.5 Å². The number of carboxylic acid groups (broad SMARTS) is 1. The van der Waals surface area contributed by atoms with E-state index in [1.54, 1.807) is 18.4 Å². The molecule has 66 heavy (non-hydrogen) atoms. The lowest BCUT2D eigenvalue weighted by Crippen LogP contribution is -2.59. The van der Waals surface area contributed by atoms with Gasteiger partial charge in [-0.2, -0.15) is 0 Å². The van der Waals surface area contributed by atoms with E-state index in [4.69, 9.17) is 5.73 Å². The van der Waals surface area contributed by atoms with Gasteiger partial charge in [0.1, 0.15) is 30.5 Å². The van der Waals surface area contributed by atoms with E-state index in [1.807, 2.05) is 62.4 Å². The molecule has 17 heteroatoms. The molecule has 2 rings (SSSR count). The lowest BCUT2D eigenvalue weighted by Gasteiger charge is -2.27. The van der Waals surface area contributed by atoms with E-state index in [1.165, 1.54) is 6.92 Å². The molecule has 0 heterocycles. The number of unbranched alkanes of at least 4 members (excludes halogenated alkanes) is 8. The number of nitrogens with one attached hydrogen (secondary N) is 5. The van der Waals surface area contributed by atoms with Crippen molar-refractivity contribution >= 4 is 52.6 Å². The van der Waals surface area contributed by atoms with Gasteiger partial charge in [-0.1, -0.05) is 119 Å². The van der Waals surface area contributed by atoms with Gasteiger partial charge in [-0.15, -0.1) is 0 Å². The molecule has 0 aliphatic heterocycles. The third kappa shape index (κ3) is 24.5. The maximum atomic E-state index is 13.6. The zero-order valence-corrected chi connectivity index (χ0v) is 40.2. The Balaban J connectivity index is 1.96. The largest absolute Gasteiger partial charge is 0.480 e. The molecular formula is C49H76N6O10S. The number of carbonyl (C=O) groups excluding carboxylic acids is 6. The monoisotopic (exact) mass is 941 g/mol. The van der Waals surface area contributed by atoms with Crippen molar-refractivity contribution in [3.8, 4) is 0 Å². The number of rotatable bonds is 36. The molecule has 0 saturated carbocycles. The molecule has 0 fully saturated rings. The fourth-order valence-corrected chi connectivity index (χ4v) is 8.20. The normalized spacial score (nSPS) is 14.9. The van der Waals surface area contributed by atoms with Crippen LogP contribution in [0.2, 0.25) is 0 Å². The number of nitrogens with two attached hydrogens (primary N) is 1. The molecule has 2 aromatic carbocycles. The van der Waals surface area contributed by atoms with Crippen LogP contribution >= 0.6 is 0 Å². The first-order chi connectivity index (χ1) is 31.5. The van der Waals surface area contributed by atoms with Crippen LogP contribution in [0, 0.1) is 5.92 Å². The molecule has 9 N–H and O–H groups in total. The number of hydrogen-bond donors (Lipinski definition) is 8. The summed E-state index contributed by atoms with van der Waals surface area (Å²) in [6.45, 7) is 5.12. The minimum Gasteiger partial charge on any atom is -0.480 e. The molecule has 2 unspecified atom stereocenters. The fourth-order valence-electron chi connectivity index (χ4n) is 7.63. The molecular weight excluding hydrogens is 865 g/mol. The van der Waals surface area contributed by atoms with Crippen LogP contribution in [0.25, 0.3) is 0 Å². The Bertz CT molecular complexity index is 1800. The summed E-state index contributed by atoms with van der Waals surface area (Å²) in [5.74, 6) is -3.87. The van der Waals surface area contributed by atoms with Crippen LogP contribution in [-0.4, -0.2) is 111 Å². The SMILES string of the molecule is CC(C)C[C@H](NC(=O)[C@@H](NC(=O)CCCCCCCC(CCCCCCC=O)N[C@@H](CCS(C)=O)C(=O)N[C@@H](Cc1ccccc1)C(=O)O)[C@H](C)O)C(=O)N[C@@H](Cc1ccccc1)C(N)=O. The standard InChI is InChI=1S/C49H76N6O10S/c1-34(2)31-41(47(61)52-40(45(50)59)32-36-21-13-11-14-22-36)53-48(62)44(35(3)57)55-43(58)27-19-9-5-7-17-25-38(26-18-8-6-10-20-29-56)51-39(28-30-66(4)65)46(60)54-42(49(63)64)33-37-23-15-12-16-24-37/h11-16,21-24,29,34-35,38-42,44,51,57H,5-10,17-20,25-28,30-33H2,1-4H3,(H2,50,59)(H,52,61)(H,53,62)(H,54,60)(H,55,58)(H,63,64)/t35-,38?,39-,40-,41-,42-,44-,66?/m0/s1. The number of hydrogen-bond acceptors (Lipinski definition) is 10. The summed E-state index contributed by atoms with van der Waals surface area (Å²) in [4.78, 5) is 88.7. The average Bonchev–Trinajstić information content (AvgIpc) is 3.26. The van der Waals surface area contributed by atoms with Gasteiger partial charge in [-0.25, -0.2) is 4.79 Å². The number of aldehydes is 1. The summed E-state index contributed by atoms with van der Waals surface area (Å²) in [5, 5.41) is 34.6. The minimum atomic E-state index is -1.33. The van der Waals surface area contributed by atoms with Crippen molar-refractivity contribution < 1.29 is 48.0 Å². The summed E-state index contributed by atoms with van der Waals surface area (Å²) < 4.78 is 12.1. The van der Waals surface area contributed by atoms with Crippen LogP contribution in [0.15, 0.2) is 60.7 Å². The number of amides is 5. The zero-order valence-electron chi connectivity index (χ0n) is 39.3. The third-order valence-electron chi connectivity index (χ3n) is 11.3. The Morgan fingerprint density at radius 2 is 1.15 bits per heavy atom. The van der Waals surface area contributed by atoms with Crippen LogP contribution in [0.4, 0.5) is 0 Å². The van der Waals surface area contributed by atoms with Gasteiger partial charge in [0.15, 0.2) is 0 Å². The second-order valence-corrected chi connectivity index (χ2v) is 19.2. The first-order valence-electron chi connectivity index (χ1n) is 23.5. The maximum Gasteiger partial charge on any atom is 0.326 e. The number of aliphatic hydroxyl groups is 1. The molecule has 0 aromatic heterocycles. The van der Waals surface area contributed by atoms with Crippen molar-refractivity contribution in [1.29, 1.82) is 0 Å². The van der Waals surface area contributed by atoms with Crippen molar-refractivity contribution in [3.63, 3.8) is 0 Å². The van der Waals surface area contributed by atoms with Crippen molar-refractivity contribution in [3.05, 3.63) is 71.8 Å². The predicted molar refractivity (Wildman–Crippen MR) is 256 cm³/mol. The molecule has 0 spiro atoms. The van der Waals surface area contributed by atoms with Crippen molar-refractivity contribution in [1.82, 2.24) is 26.6 Å². The second kappa shape index (κ2) is 32.6. The van der Waals surface area contributed by atoms with Crippen molar-refractivity contribution in [2.45, 2.75) is 172 Å². The van der Waals surface area contributed by atoms with Crippen LogP contribution in [0.5, 0.6) is 0 Å². The Labute approximate surface area is 393 Å². The van der Waals surface area contributed by atoms with E-state index in [9.17, 15) is 48.0 Å². The van der Waals surface area contributed by atoms with Crippen molar-refractivity contribution in [2.24, 2.45) is 11.7 Å². The van der Waals surface area contributed by atoms with Gasteiger partial charge in [0, 0.05) is 54.5 Å². The van der Waals surface area contributed by atoms with Gasteiger partial charge in [0.2, 0.25) is 29.5 Å². The third-order valence-corrected chi connectivity index (χ3v) is 12.1. The van der Waals surface area contributed by atoms with E-state index in [2.05, 4.69) is 26.6 Å². The lowest BCUT2D eigenvalue weighted by molar-refractivity contribution is -0.142. The van der Waals surface area contributed by atoms with Crippen LogP contribution in [0.3, 0.4) is 0 Å². The lowest BCUT2D eigenvalue weighted by atomic mass is 9.98. The number of carboxylic acids is 1. The first-order valence-corrected chi connectivity index (χ1v) is 25.2. The molecule has 16 nitrogen and oxygen atoms in total. The Kier molecular flexibility index (Phi) is 28.2. The highest BCUT2D eigenvalue weighted by atomic mass is 32.2. The Morgan fingerprint density at radius 1 is 0.652 bits per heavy atom. The fraction of sp³-hybridized carbons (Fsp3) is 0.612. The van der Waals surface area contributed by atoms with Crippen molar-refractivity contribution in [2.75, 3.05) is 12.0 Å². The average molecular weight is 941 g/mol. The molecule has 0 bridgehead atoms. The summed E-state index contributed by atoms with van der Waals surface area (Å²) in [5.41, 5.74) is 7.17. The summed E-state index contributed by atoms with van der Waals surface area (Å²) in [6.07, 6.45) is 11.3. The number of carbonyl (C=O) groups is 7. The highest BCUT2D eigenvalue weighted by molar-refractivity contribution is 7.84. The van der Waals surface area contributed by atoms with E-state index in [0.29, 0.717) is 12.8 Å². The number of benzene rings is 2. The first kappa shape index (κ1) is 57.1. The topological polar surface area (TPSA) is 263 Å². The van der Waals surface area contributed by atoms with Crippen LogP contribution in [0.1, 0.15) is 128 Å². The molecule has 2 aromatic rings. The smallest absolute Gasteiger partial charge is 0.326 e. The van der Waals surface area contributed by atoms with Gasteiger partial charge in [0.05, 0.1) is 12.1 Å². The van der Waals surface area contributed by atoms with Gasteiger partial charge in [0.25, 0.3) is 0 Å². The highest BCUT2D eigenvalue weighted by Crippen LogP contribution is 2.17. The summed E-state index contributed by atoms with van der Waals surface area (Å²) in [6, 6.07) is 12.7. The molecule has 8 atom stereocenters. The molecule has 368 valence electrons. The highest BCUT2D eigenvalue weighted by Gasteiger charge is 2.32. The van der Waals surface area contributed by atoms with E-state index < -0.39 is 82.6 Å². The Morgan fingerprint density at radius 3 is 1.67 bits per heavy atom. The predicted octanol–water partition coefficient (Wildman–Crippen LogP) is 3.77. The van der Waals surface area contributed by atoms with Crippen LogP contribution < -0.4 is 32.3 Å². The summed E-state index contributed by atoms with van der Waals surface area (Å²) in [7, 11) is -1.17. The van der Waals surface area contributed by atoms with E-state index >= 15 is 0 Å². The van der Waals surface area contributed by atoms with Gasteiger partial charge >= 0.3 is 5.97 Å². The van der Waals surface area contributed by atoms with E-state index in [0.717, 1.165) is 81.6 Å². The van der Waals surface area contributed by atoms with Crippen LogP contribution in [-0.2, 0) is 57.2 Å². The minimum absolute atomic E-state index is 0.0277.